The molecule has 0 aliphatic carbocycles. The van der Waals surface area contributed by atoms with Crippen molar-refractivity contribution in [2.75, 3.05) is 13.1 Å². The van der Waals surface area contributed by atoms with E-state index >= 15 is 0 Å². The van der Waals surface area contributed by atoms with Gasteiger partial charge < -0.3 is 9.63 Å². The van der Waals surface area contributed by atoms with Crippen molar-refractivity contribution in [2.24, 2.45) is 0 Å². The van der Waals surface area contributed by atoms with Crippen LogP contribution in [0.5, 0.6) is 0 Å². The number of rotatable bonds is 2. The Morgan fingerprint density at radius 3 is 2.75 bits per heavy atom. The first-order valence-corrected chi connectivity index (χ1v) is 5.68. The first-order valence-electron chi connectivity index (χ1n) is 5.68. The van der Waals surface area contributed by atoms with E-state index in [1.165, 1.54) is 0 Å². The quantitative estimate of drug-likeness (QED) is 0.811. The molecule has 1 aromatic rings. The summed E-state index contributed by atoms with van der Waals surface area (Å²) in [5.74, 6) is 1.38. The average Bonchev–Trinajstić information content (AvgIpc) is 2.74. The van der Waals surface area contributed by atoms with Crippen LogP contribution in [0, 0.1) is 0 Å². The van der Waals surface area contributed by atoms with Gasteiger partial charge in [-0.25, -0.2) is 0 Å². The van der Waals surface area contributed by atoms with Crippen LogP contribution in [0.15, 0.2) is 4.52 Å². The minimum Gasteiger partial charge on any atom is -0.392 e. The minimum atomic E-state index is -0.204. The molecule has 5 nitrogen and oxygen atoms in total. The van der Waals surface area contributed by atoms with Gasteiger partial charge in [0.25, 0.3) is 0 Å². The van der Waals surface area contributed by atoms with Gasteiger partial charge in [-0.3, -0.25) is 4.90 Å². The standard InChI is InChI=1S/C11H19N3O2/c1-11(2,3)10-12-9(16-13-10)7-14-5-4-8(15)6-14/h8,15H,4-7H2,1-3H3/t8-/m0/s1. The highest BCUT2D eigenvalue weighted by Crippen LogP contribution is 2.19. The largest absolute Gasteiger partial charge is 0.392 e. The van der Waals surface area contributed by atoms with Gasteiger partial charge in [-0.2, -0.15) is 4.98 Å². The van der Waals surface area contributed by atoms with Gasteiger partial charge in [-0.05, 0) is 6.42 Å². The molecule has 16 heavy (non-hydrogen) atoms. The van der Waals surface area contributed by atoms with Crippen molar-refractivity contribution >= 4 is 0 Å². The van der Waals surface area contributed by atoms with Crippen molar-refractivity contribution in [1.29, 1.82) is 0 Å². The van der Waals surface area contributed by atoms with Gasteiger partial charge in [0.2, 0.25) is 5.89 Å². The fourth-order valence-corrected chi connectivity index (χ4v) is 1.77. The molecule has 0 amide bonds. The van der Waals surface area contributed by atoms with Crippen molar-refractivity contribution in [3.63, 3.8) is 0 Å². The fraction of sp³-hybridized carbons (Fsp3) is 0.818. The number of likely N-dealkylation sites (tertiary alicyclic amines) is 1. The zero-order chi connectivity index (χ0) is 11.8. The maximum Gasteiger partial charge on any atom is 0.240 e. The highest BCUT2D eigenvalue weighted by molar-refractivity contribution is 5.00. The number of β-amino-alcohol motifs (C(OH)–C–C–N with tert-alkyl or cyclic N) is 1. The smallest absolute Gasteiger partial charge is 0.240 e. The van der Waals surface area contributed by atoms with Crippen LogP contribution in [0.2, 0.25) is 0 Å². The predicted octanol–water partition coefficient (Wildman–Crippen LogP) is 0.934. The number of nitrogens with zero attached hydrogens (tertiary/aromatic N) is 3. The molecule has 1 saturated heterocycles. The second-order valence-corrected chi connectivity index (χ2v) is 5.44. The molecule has 90 valence electrons. The third kappa shape index (κ3) is 2.59. The molecule has 2 rings (SSSR count). The molecule has 0 unspecified atom stereocenters. The highest BCUT2D eigenvalue weighted by atomic mass is 16.5. The summed E-state index contributed by atoms with van der Waals surface area (Å²) in [6.07, 6.45) is 0.630. The molecule has 1 fully saturated rings. The van der Waals surface area contributed by atoms with Gasteiger partial charge in [-0.1, -0.05) is 25.9 Å². The summed E-state index contributed by atoms with van der Waals surface area (Å²) in [6, 6.07) is 0. The lowest BCUT2D eigenvalue weighted by Crippen LogP contribution is -2.22. The van der Waals surface area contributed by atoms with Crippen LogP contribution in [0.25, 0.3) is 0 Å². The molecule has 1 N–H and O–H groups in total. The van der Waals surface area contributed by atoms with Crippen molar-refractivity contribution in [2.45, 2.75) is 45.3 Å². The lowest BCUT2D eigenvalue weighted by atomic mass is 9.96. The van der Waals surface area contributed by atoms with Gasteiger partial charge in [0, 0.05) is 18.5 Å². The fourth-order valence-electron chi connectivity index (χ4n) is 1.77. The van der Waals surface area contributed by atoms with Crippen LogP contribution in [0.1, 0.15) is 38.9 Å². The Kier molecular flexibility index (Phi) is 2.99. The molecule has 1 aliphatic heterocycles. The minimum absolute atomic E-state index is 0.0771. The Morgan fingerprint density at radius 1 is 1.50 bits per heavy atom. The maximum atomic E-state index is 9.40. The zero-order valence-electron chi connectivity index (χ0n) is 10.1. The Hall–Kier alpha value is -0.940. The topological polar surface area (TPSA) is 62.4 Å². The number of aliphatic hydroxyl groups excluding tert-OH is 1. The normalized spacial score (nSPS) is 22.9. The van der Waals surface area contributed by atoms with E-state index in [1.807, 2.05) is 0 Å². The predicted molar refractivity (Wildman–Crippen MR) is 58.9 cm³/mol. The molecule has 5 heteroatoms. The molecule has 2 heterocycles. The van der Waals surface area contributed by atoms with Gasteiger partial charge >= 0.3 is 0 Å². The third-order valence-electron chi connectivity index (χ3n) is 2.75. The van der Waals surface area contributed by atoms with E-state index < -0.39 is 0 Å². The lowest BCUT2D eigenvalue weighted by Gasteiger charge is -2.12. The molecule has 0 saturated carbocycles. The molecule has 0 radical (unpaired) electrons. The Balaban J connectivity index is 1.98. The second kappa shape index (κ2) is 4.14. The number of aromatic nitrogens is 2. The summed E-state index contributed by atoms with van der Waals surface area (Å²) in [7, 11) is 0. The first-order chi connectivity index (χ1) is 7.45. The summed E-state index contributed by atoms with van der Waals surface area (Å²) in [5, 5.41) is 13.4. The van der Waals surface area contributed by atoms with E-state index in [2.05, 4.69) is 35.8 Å². The summed E-state index contributed by atoms with van der Waals surface area (Å²) in [5.41, 5.74) is -0.0771. The van der Waals surface area contributed by atoms with E-state index in [1.54, 1.807) is 0 Å². The van der Waals surface area contributed by atoms with E-state index in [9.17, 15) is 5.11 Å². The molecule has 1 atom stereocenters. The van der Waals surface area contributed by atoms with Crippen LogP contribution in [0.3, 0.4) is 0 Å². The van der Waals surface area contributed by atoms with Crippen LogP contribution >= 0.6 is 0 Å². The van der Waals surface area contributed by atoms with E-state index in [4.69, 9.17) is 4.52 Å². The Bertz CT molecular complexity index is 356. The molecule has 0 aromatic carbocycles. The van der Waals surface area contributed by atoms with Crippen molar-refractivity contribution in [3.05, 3.63) is 11.7 Å². The molecule has 1 aliphatic rings. The molecule has 1 aromatic heterocycles. The first kappa shape index (κ1) is 11.5. The highest BCUT2D eigenvalue weighted by Gasteiger charge is 2.24. The SMILES string of the molecule is CC(C)(C)c1noc(CN2CC[C@H](O)C2)n1. The monoisotopic (exact) mass is 225 g/mol. The van der Waals surface area contributed by atoms with Crippen molar-refractivity contribution in [1.82, 2.24) is 15.0 Å². The molecule has 0 spiro atoms. The summed E-state index contributed by atoms with van der Waals surface area (Å²) < 4.78 is 5.20. The lowest BCUT2D eigenvalue weighted by molar-refractivity contribution is 0.169. The number of aliphatic hydroxyl groups is 1. The van der Waals surface area contributed by atoms with E-state index in [-0.39, 0.29) is 11.5 Å². The molecular formula is C11H19N3O2. The number of hydrogen-bond donors (Lipinski definition) is 1. The van der Waals surface area contributed by atoms with Crippen molar-refractivity contribution < 1.29 is 9.63 Å². The van der Waals surface area contributed by atoms with Gasteiger partial charge in [0.05, 0.1) is 12.6 Å². The van der Waals surface area contributed by atoms with E-state index in [0.717, 1.165) is 18.8 Å². The summed E-state index contributed by atoms with van der Waals surface area (Å²) >= 11 is 0. The molecular weight excluding hydrogens is 206 g/mol. The Morgan fingerprint density at radius 2 is 2.25 bits per heavy atom. The summed E-state index contributed by atoms with van der Waals surface area (Å²) in [4.78, 5) is 6.50. The Labute approximate surface area is 95.4 Å². The van der Waals surface area contributed by atoms with E-state index in [0.29, 0.717) is 19.0 Å². The van der Waals surface area contributed by atoms with Gasteiger partial charge in [0.1, 0.15) is 0 Å². The van der Waals surface area contributed by atoms with Gasteiger partial charge in [0.15, 0.2) is 5.82 Å². The zero-order valence-corrected chi connectivity index (χ0v) is 10.1. The average molecular weight is 225 g/mol. The van der Waals surface area contributed by atoms with Crippen LogP contribution in [0.4, 0.5) is 0 Å². The van der Waals surface area contributed by atoms with Crippen LogP contribution < -0.4 is 0 Å². The number of hydrogen-bond acceptors (Lipinski definition) is 5. The van der Waals surface area contributed by atoms with Crippen LogP contribution in [-0.4, -0.2) is 39.3 Å². The third-order valence-corrected chi connectivity index (χ3v) is 2.75. The second-order valence-electron chi connectivity index (χ2n) is 5.44. The summed E-state index contributed by atoms with van der Waals surface area (Å²) in [6.45, 7) is 8.41. The molecule has 0 bridgehead atoms. The van der Waals surface area contributed by atoms with Gasteiger partial charge in [-0.15, -0.1) is 0 Å². The van der Waals surface area contributed by atoms with Crippen molar-refractivity contribution in [3.8, 4) is 0 Å². The van der Waals surface area contributed by atoms with Crippen LogP contribution in [-0.2, 0) is 12.0 Å². The maximum absolute atomic E-state index is 9.40.